The minimum absolute atomic E-state index is 0.0197. The Labute approximate surface area is 209 Å². The molecule has 1 aliphatic rings. The van der Waals surface area contributed by atoms with E-state index in [1.807, 2.05) is 32.3 Å². The highest BCUT2D eigenvalue weighted by molar-refractivity contribution is 5.78. The third kappa shape index (κ3) is 5.22. The second-order valence-electron chi connectivity index (χ2n) is 10.5. The molecule has 35 heavy (non-hydrogen) atoms. The van der Waals surface area contributed by atoms with Crippen molar-refractivity contribution in [3.63, 3.8) is 0 Å². The molecule has 3 aromatic rings. The third-order valence-electron chi connectivity index (χ3n) is 7.40. The van der Waals surface area contributed by atoms with E-state index in [-0.39, 0.29) is 18.6 Å². The van der Waals surface area contributed by atoms with Gasteiger partial charge in [-0.25, -0.2) is 13.9 Å². The molecule has 1 aromatic heterocycles. The van der Waals surface area contributed by atoms with Crippen LogP contribution in [0.25, 0.3) is 22.4 Å². The fraction of sp³-hybridized carbons (Fsp3) is 0.467. The second kappa shape index (κ2) is 10.6. The number of hydrogen-bond acceptors (Lipinski definition) is 3. The molecular weight excluding hydrogens is 434 g/mol. The Morgan fingerprint density at radius 3 is 2.54 bits per heavy atom. The molecule has 4 rings (SSSR count). The zero-order valence-electron chi connectivity index (χ0n) is 21.7. The minimum atomic E-state index is -0.186. The number of carbonyl (C=O) groups is 1. The molecule has 0 bridgehead atoms. The molecule has 184 valence electrons. The number of anilines is 1. The number of nitrogens with zero attached hydrogens (tertiary/aromatic N) is 3. The molecular formula is C30H38N3O2+. The average molecular weight is 473 g/mol. The van der Waals surface area contributed by atoms with Crippen molar-refractivity contribution in [2.24, 2.45) is 17.8 Å². The minimum Gasteiger partial charge on any atom is -0.459 e. The summed E-state index contributed by atoms with van der Waals surface area (Å²) in [4.78, 5) is 15.5. The molecule has 0 aliphatic heterocycles. The predicted molar refractivity (Wildman–Crippen MR) is 142 cm³/mol. The van der Waals surface area contributed by atoms with E-state index in [2.05, 4.69) is 71.1 Å². The summed E-state index contributed by atoms with van der Waals surface area (Å²) < 4.78 is 10.4. The fourth-order valence-electron chi connectivity index (χ4n) is 5.51. The normalized spacial score (nSPS) is 20.1. The van der Waals surface area contributed by atoms with Gasteiger partial charge < -0.3 is 9.64 Å². The Kier molecular flexibility index (Phi) is 7.50. The summed E-state index contributed by atoms with van der Waals surface area (Å²) in [7, 11) is 4.05. The first-order valence-corrected chi connectivity index (χ1v) is 12.7. The van der Waals surface area contributed by atoms with Crippen LogP contribution in [0.4, 0.5) is 5.69 Å². The van der Waals surface area contributed by atoms with Gasteiger partial charge in [0.1, 0.15) is 6.10 Å². The first kappa shape index (κ1) is 24.9. The Morgan fingerprint density at radius 1 is 1.17 bits per heavy atom. The van der Waals surface area contributed by atoms with Crippen molar-refractivity contribution in [1.82, 2.24) is 4.57 Å². The molecule has 2 aromatic carbocycles. The van der Waals surface area contributed by atoms with Gasteiger partial charge in [0, 0.05) is 19.8 Å². The Hall–Kier alpha value is -3.26. The summed E-state index contributed by atoms with van der Waals surface area (Å²) in [6, 6.07) is 16.5. The number of ether oxygens (including phenoxy) is 1. The number of aromatic nitrogens is 2. The molecule has 0 amide bonds. The third-order valence-corrected chi connectivity index (χ3v) is 7.40. The molecule has 0 spiro atoms. The summed E-state index contributed by atoms with van der Waals surface area (Å²) in [5.74, 6) is 5.03. The quantitative estimate of drug-likeness (QED) is 0.266. The number of terminal acetylenes is 1. The molecule has 0 radical (unpaired) electrons. The van der Waals surface area contributed by atoms with Crippen molar-refractivity contribution in [2.45, 2.75) is 59.2 Å². The largest absolute Gasteiger partial charge is 0.459 e. The maximum atomic E-state index is 13.4. The predicted octanol–water partition coefficient (Wildman–Crippen LogP) is 5.30. The van der Waals surface area contributed by atoms with Crippen molar-refractivity contribution in [3.05, 3.63) is 48.5 Å². The number of carbonyl (C=O) groups excluding carboxylic acids is 1. The molecule has 5 heteroatoms. The van der Waals surface area contributed by atoms with Crippen molar-refractivity contribution >= 4 is 22.7 Å². The fourth-order valence-corrected chi connectivity index (χ4v) is 5.51. The second-order valence-corrected chi connectivity index (χ2v) is 10.5. The van der Waals surface area contributed by atoms with Crippen molar-refractivity contribution in [1.29, 1.82) is 0 Å². The van der Waals surface area contributed by atoms with Crippen LogP contribution in [0.1, 0.15) is 40.0 Å². The van der Waals surface area contributed by atoms with Gasteiger partial charge >= 0.3 is 5.97 Å². The molecule has 1 heterocycles. The van der Waals surface area contributed by atoms with Crippen LogP contribution in [0, 0.1) is 30.1 Å². The van der Waals surface area contributed by atoms with E-state index in [1.54, 1.807) is 0 Å². The van der Waals surface area contributed by atoms with E-state index >= 15 is 0 Å². The van der Waals surface area contributed by atoms with Crippen LogP contribution in [0.5, 0.6) is 0 Å². The Balaban J connectivity index is 1.73. The maximum Gasteiger partial charge on any atom is 0.348 e. The lowest BCUT2D eigenvalue weighted by Crippen LogP contribution is -2.43. The Morgan fingerprint density at radius 2 is 1.89 bits per heavy atom. The highest BCUT2D eigenvalue weighted by Gasteiger charge is 2.35. The van der Waals surface area contributed by atoms with Crippen molar-refractivity contribution in [3.8, 4) is 23.7 Å². The van der Waals surface area contributed by atoms with Crippen molar-refractivity contribution in [2.75, 3.05) is 19.0 Å². The zero-order valence-corrected chi connectivity index (χ0v) is 21.7. The topological polar surface area (TPSA) is 38.4 Å². The maximum absolute atomic E-state index is 13.4. The summed E-state index contributed by atoms with van der Waals surface area (Å²) in [5.41, 5.74) is 4.12. The first-order chi connectivity index (χ1) is 16.8. The monoisotopic (exact) mass is 472 g/mol. The molecule has 1 aliphatic carbocycles. The van der Waals surface area contributed by atoms with Crippen LogP contribution in [0.3, 0.4) is 0 Å². The van der Waals surface area contributed by atoms with Gasteiger partial charge in [0.25, 0.3) is 5.82 Å². The molecule has 1 saturated carbocycles. The van der Waals surface area contributed by atoms with Crippen LogP contribution < -0.4 is 9.47 Å². The van der Waals surface area contributed by atoms with E-state index in [9.17, 15) is 4.79 Å². The number of benzene rings is 2. The van der Waals surface area contributed by atoms with Gasteiger partial charge in [-0.15, -0.1) is 6.42 Å². The standard InChI is InChI=1S/C30H38N3O2/c1-7-18-32-26-10-8-9-11-27(26)33(30(32)23-13-15-24(16-14-23)31(5)6)20-29(34)35-28-19-22(4)12-17-25(28)21(2)3/h1,8-11,13-16,21-22,25,28H,12,17-20H2,2-6H3/q+1/t22-,25+,28?/m1/s1. The number of esters is 1. The van der Waals surface area contributed by atoms with Gasteiger partial charge in [-0.2, -0.15) is 0 Å². The lowest BCUT2D eigenvalue weighted by atomic mass is 9.75. The van der Waals surface area contributed by atoms with Crippen LogP contribution >= 0.6 is 0 Å². The van der Waals surface area contributed by atoms with Crippen LogP contribution in [0.15, 0.2) is 48.5 Å². The molecule has 1 unspecified atom stereocenters. The Bertz CT molecular complexity index is 1220. The number of para-hydroxylation sites is 2. The van der Waals surface area contributed by atoms with Crippen LogP contribution in [0.2, 0.25) is 0 Å². The highest BCUT2D eigenvalue weighted by Crippen LogP contribution is 2.35. The van der Waals surface area contributed by atoms with E-state index in [0.29, 0.717) is 24.3 Å². The van der Waals surface area contributed by atoms with E-state index in [4.69, 9.17) is 11.2 Å². The molecule has 0 saturated heterocycles. The van der Waals surface area contributed by atoms with Gasteiger partial charge in [-0.05, 0) is 67.0 Å². The van der Waals surface area contributed by atoms with Gasteiger partial charge in [0.2, 0.25) is 0 Å². The smallest absolute Gasteiger partial charge is 0.348 e. The number of imidazole rings is 1. The van der Waals surface area contributed by atoms with Gasteiger partial charge in [0.15, 0.2) is 24.1 Å². The number of rotatable bonds is 7. The molecule has 3 atom stereocenters. The summed E-state index contributed by atoms with van der Waals surface area (Å²) in [6.45, 7) is 7.30. The zero-order chi connectivity index (χ0) is 25.1. The summed E-state index contributed by atoms with van der Waals surface area (Å²) >= 11 is 0. The van der Waals surface area contributed by atoms with Crippen molar-refractivity contribution < 1.29 is 14.1 Å². The molecule has 1 fully saturated rings. The lowest BCUT2D eigenvalue weighted by Gasteiger charge is -2.36. The van der Waals surface area contributed by atoms with E-state index < -0.39 is 0 Å². The van der Waals surface area contributed by atoms with Gasteiger partial charge in [-0.3, -0.25) is 0 Å². The van der Waals surface area contributed by atoms with Crippen LogP contribution in [-0.4, -0.2) is 30.7 Å². The average Bonchev–Trinajstić information content (AvgIpc) is 3.12. The summed E-state index contributed by atoms with van der Waals surface area (Å²) in [5, 5.41) is 0. The first-order valence-electron chi connectivity index (χ1n) is 12.7. The molecule has 0 N–H and O–H groups in total. The SMILES string of the molecule is C#CCn1c(-c2ccc(N(C)C)cc2)[n+](CC(=O)OC2C[C@H](C)CC[C@H]2C(C)C)c2ccccc21. The van der Waals surface area contributed by atoms with Gasteiger partial charge in [-0.1, -0.05) is 45.2 Å². The van der Waals surface area contributed by atoms with E-state index in [0.717, 1.165) is 41.0 Å². The van der Waals surface area contributed by atoms with E-state index in [1.165, 1.54) is 6.42 Å². The lowest BCUT2D eigenvalue weighted by molar-refractivity contribution is -0.649. The number of hydrogen-bond donors (Lipinski definition) is 0. The van der Waals surface area contributed by atoms with Gasteiger partial charge in [0.05, 0.1) is 5.56 Å². The summed E-state index contributed by atoms with van der Waals surface area (Å²) in [6.07, 6.45) is 9.02. The molecule has 5 nitrogen and oxygen atoms in total. The highest BCUT2D eigenvalue weighted by atomic mass is 16.5. The van der Waals surface area contributed by atoms with Crippen LogP contribution in [-0.2, 0) is 22.6 Å². The number of fused-ring (bicyclic) bond motifs is 1.